The van der Waals surface area contributed by atoms with Gasteiger partial charge in [-0.1, -0.05) is 50.3 Å². The van der Waals surface area contributed by atoms with Gasteiger partial charge in [0.15, 0.2) is 0 Å². The number of carbonyl (C=O) groups is 1. The van der Waals surface area contributed by atoms with Crippen molar-refractivity contribution in [3.05, 3.63) is 11.6 Å². The fourth-order valence-electron chi connectivity index (χ4n) is 1.33. The Kier molecular flexibility index (Phi) is 10.6. The molecule has 1 radical (unpaired) electrons. The number of ether oxygens (including phenoxy) is 1. The third-order valence-corrected chi connectivity index (χ3v) is 2.40. The summed E-state index contributed by atoms with van der Waals surface area (Å²) in [4.78, 5) is 10.9. The average Bonchev–Trinajstić information content (AvgIpc) is 2.26. The third-order valence-electron chi connectivity index (χ3n) is 2.24. The summed E-state index contributed by atoms with van der Waals surface area (Å²) in [5.74, 6) is -0.530. The van der Waals surface area contributed by atoms with Crippen LogP contribution in [0.2, 0.25) is 0 Å². The van der Waals surface area contributed by atoms with Gasteiger partial charge in [0, 0.05) is 0 Å². The topological polar surface area (TPSA) is 46.2 Å². The molecule has 0 rings (SSSR count). The van der Waals surface area contributed by atoms with Gasteiger partial charge in [-0.2, -0.15) is 0 Å². The average molecular weight is 248 g/mol. The summed E-state index contributed by atoms with van der Waals surface area (Å²) in [6.45, 7) is 3.73. The lowest BCUT2D eigenvalue weighted by molar-refractivity contribution is -0.138. The van der Waals surface area contributed by atoms with Crippen LogP contribution < -0.4 is 0 Å². The predicted octanol–water partition coefficient (Wildman–Crippen LogP) is 3.44. The van der Waals surface area contributed by atoms with Crippen molar-refractivity contribution >= 4 is 17.6 Å². The zero-order valence-electron chi connectivity index (χ0n) is 9.67. The van der Waals surface area contributed by atoms with Crippen molar-refractivity contribution in [2.75, 3.05) is 13.2 Å². The fraction of sp³-hybridized carbons (Fsp3) is 0.750. The van der Waals surface area contributed by atoms with Gasteiger partial charge in [-0.3, -0.25) is 0 Å². The number of rotatable bonds is 10. The van der Waals surface area contributed by atoms with E-state index < -0.39 is 5.97 Å². The fourth-order valence-corrected chi connectivity index (χ4v) is 1.39. The Morgan fingerprint density at radius 2 is 1.50 bits per heavy atom. The Labute approximate surface area is 102 Å². The van der Waals surface area contributed by atoms with Crippen LogP contribution in [-0.4, -0.2) is 19.2 Å². The zero-order chi connectivity index (χ0) is 12.2. The van der Waals surface area contributed by atoms with E-state index in [0.717, 1.165) is 44.9 Å². The van der Waals surface area contributed by atoms with Crippen LogP contribution in [0.25, 0.3) is 0 Å². The van der Waals surface area contributed by atoms with Crippen LogP contribution in [0.15, 0.2) is 11.6 Å². The molecule has 4 heteroatoms. The maximum absolute atomic E-state index is 10.9. The van der Waals surface area contributed by atoms with Crippen LogP contribution in [0, 0.1) is 0 Å². The second-order valence-electron chi connectivity index (χ2n) is 3.72. The van der Waals surface area contributed by atoms with Crippen molar-refractivity contribution in [2.45, 2.75) is 44.9 Å². The third kappa shape index (κ3) is 9.99. The molecule has 0 aliphatic rings. The van der Waals surface area contributed by atoms with Crippen molar-refractivity contribution in [3.63, 3.8) is 0 Å². The molecule has 0 spiro atoms. The van der Waals surface area contributed by atoms with E-state index in [-0.39, 0.29) is 11.6 Å². The van der Waals surface area contributed by atoms with Gasteiger partial charge in [0.2, 0.25) is 0 Å². The van der Waals surface area contributed by atoms with E-state index >= 15 is 0 Å². The summed E-state index contributed by atoms with van der Waals surface area (Å²) < 4.78 is 4.84. The molecule has 0 aliphatic heterocycles. The van der Waals surface area contributed by atoms with Gasteiger partial charge < -0.3 is 4.74 Å². The van der Waals surface area contributed by atoms with E-state index in [1.54, 1.807) is 0 Å². The first-order valence-corrected chi connectivity index (χ1v) is 6.16. The molecule has 0 aromatic carbocycles. The molecule has 93 valence electrons. The smallest absolute Gasteiger partial charge is 0.349 e. The molecule has 0 fully saturated rings. The molecule has 3 nitrogen and oxygen atoms in total. The number of carbonyl (C=O) groups excluding carboxylic acids is 1. The van der Waals surface area contributed by atoms with Crippen LogP contribution in [0.5, 0.6) is 0 Å². The maximum Gasteiger partial charge on any atom is 0.349 e. The molecule has 0 saturated carbocycles. The van der Waals surface area contributed by atoms with Gasteiger partial charge in [-0.05, 0) is 12.8 Å². The van der Waals surface area contributed by atoms with E-state index in [1.165, 1.54) is 0 Å². The summed E-state index contributed by atoms with van der Waals surface area (Å²) in [6, 6.07) is 0. The molecule has 0 atom stereocenters. The summed E-state index contributed by atoms with van der Waals surface area (Å²) in [5.41, 5.74) is 0. The molecule has 0 aromatic heterocycles. The van der Waals surface area contributed by atoms with Gasteiger partial charge >= 0.3 is 5.97 Å². The van der Waals surface area contributed by atoms with Crippen LogP contribution in [-0.2, 0) is 14.6 Å². The standard InChI is InChI=1S/C12H20ClO3/c1-11(13)12(15)16-10-8-6-4-2-3-5-7-9-14/h1-10H2. The van der Waals surface area contributed by atoms with Gasteiger partial charge in [-0.25, -0.2) is 9.90 Å². The van der Waals surface area contributed by atoms with Crippen molar-refractivity contribution < 1.29 is 14.6 Å². The molecule has 0 unspecified atom stereocenters. The zero-order valence-corrected chi connectivity index (χ0v) is 10.4. The minimum atomic E-state index is -0.530. The Morgan fingerprint density at radius 1 is 1.00 bits per heavy atom. The summed E-state index contributed by atoms with van der Waals surface area (Å²) in [5, 5.41) is 10.1. The van der Waals surface area contributed by atoms with Gasteiger partial charge in [0.05, 0.1) is 13.2 Å². The highest BCUT2D eigenvalue weighted by molar-refractivity contribution is 6.40. The molecule has 0 bridgehead atoms. The minimum absolute atomic E-state index is 0.0399. The number of esters is 1. The molecule has 0 N–H and O–H groups in total. The summed E-state index contributed by atoms with van der Waals surface area (Å²) >= 11 is 5.34. The molecule has 0 aliphatic carbocycles. The second kappa shape index (κ2) is 11.0. The second-order valence-corrected chi connectivity index (χ2v) is 4.18. The highest BCUT2D eigenvalue weighted by Crippen LogP contribution is 2.07. The Bertz CT molecular complexity index is 204. The predicted molar refractivity (Wildman–Crippen MR) is 63.8 cm³/mol. The molecule has 0 heterocycles. The van der Waals surface area contributed by atoms with Crippen LogP contribution >= 0.6 is 11.6 Å². The summed E-state index contributed by atoms with van der Waals surface area (Å²) in [7, 11) is 0. The number of unbranched alkanes of at least 4 members (excludes halogenated alkanes) is 6. The van der Waals surface area contributed by atoms with Crippen LogP contribution in [0.1, 0.15) is 44.9 Å². The maximum atomic E-state index is 10.9. The van der Waals surface area contributed by atoms with E-state index in [9.17, 15) is 9.90 Å². The highest BCUT2D eigenvalue weighted by Gasteiger charge is 2.03. The van der Waals surface area contributed by atoms with E-state index in [2.05, 4.69) is 6.58 Å². The van der Waals surface area contributed by atoms with E-state index in [1.807, 2.05) is 0 Å². The minimum Gasteiger partial charge on any atom is -0.461 e. The van der Waals surface area contributed by atoms with Gasteiger partial charge in [-0.15, -0.1) is 0 Å². The molecule has 0 amide bonds. The lowest BCUT2D eigenvalue weighted by atomic mass is 10.1. The van der Waals surface area contributed by atoms with Crippen molar-refractivity contribution in [2.24, 2.45) is 0 Å². The Morgan fingerprint density at radius 3 is 2.00 bits per heavy atom. The first-order valence-electron chi connectivity index (χ1n) is 5.78. The number of hydrogen-bond acceptors (Lipinski definition) is 2. The Hall–Kier alpha value is -0.540. The van der Waals surface area contributed by atoms with Crippen molar-refractivity contribution in [1.82, 2.24) is 0 Å². The van der Waals surface area contributed by atoms with Crippen LogP contribution in [0.3, 0.4) is 0 Å². The van der Waals surface area contributed by atoms with E-state index in [4.69, 9.17) is 16.3 Å². The molecular formula is C12H20ClO3. The Balaban J connectivity index is 3.10. The van der Waals surface area contributed by atoms with Crippen molar-refractivity contribution in [1.29, 1.82) is 0 Å². The first-order chi connectivity index (χ1) is 7.68. The lowest BCUT2D eigenvalue weighted by Crippen LogP contribution is -2.04. The highest BCUT2D eigenvalue weighted by atomic mass is 35.5. The molecule has 0 aromatic rings. The molecular weight excluding hydrogens is 228 g/mol. The lowest BCUT2D eigenvalue weighted by Gasteiger charge is -2.03. The SMILES string of the molecule is C=C(Cl)C(=O)OCCCCCCCCC[O]. The van der Waals surface area contributed by atoms with Crippen molar-refractivity contribution in [3.8, 4) is 0 Å². The van der Waals surface area contributed by atoms with E-state index in [0.29, 0.717) is 6.61 Å². The molecule has 16 heavy (non-hydrogen) atoms. The molecule has 0 saturated heterocycles. The van der Waals surface area contributed by atoms with Gasteiger partial charge in [0.25, 0.3) is 0 Å². The quantitative estimate of drug-likeness (QED) is 0.337. The van der Waals surface area contributed by atoms with Gasteiger partial charge in [0.1, 0.15) is 5.03 Å². The number of halogens is 1. The first kappa shape index (κ1) is 15.5. The monoisotopic (exact) mass is 247 g/mol. The summed E-state index contributed by atoms with van der Waals surface area (Å²) in [6.07, 6.45) is 7.12. The largest absolute Gasteiger partial charge is 0.461 e. The van der Waals surface area contributed by atoms with Crippen LogP contribution in [0.4, 0.5) is 0 Å². The normalized spacial score (nSPS) is 10.1. The number of hydrogen-bond donors (Lipinski definition) is 0.